The van der Waals surface area contributed by atoms with Gasteiger partial charge < -0.3 is 14.2 Å². The van der Waals surface area contributed by atoms with Crippen molar-refractivity contribution in [2.45, 2.75) is 56.3 Å². The molecular weight excluding hydrogens is 457 g/mol. The Bertz CT molecular complexity index is 1020. The van der Waals surface area contributed by atoms with Crippen LogP contribution in [0.15, 0.2) is 9.13 Å². The summed E-state index contributed by atoms with van der Waals surface area (Å²) in [7, 11) is 0. The normalized spacial score (nSPS) is 17.2. The van der Waals surface area contributed by atoms with Crippen molar-refractivity contribution < 1.29 is 27.3 Å². The van der Waals surface area contributed by atoms with Crippen molar-refractivity contribution >= 4 is 39.0 Å². The van der Waals surface area contributed by atoms with E-state index in [1.54, 1.807) is 20.8 Å². The molecule has 2 aromatic heterocycles. The highest BCUT2D eigenvalue weighted by molar-refractivity contribution is 7.92. The van der Waals surface area contributed by atoms with Gasteiger partial charge in [-0.2, -0.15) is 18.2 Å². The van der Waals surface area contributed by atoms with E-state index >= 15 is 0 Å². The molecule has 31 heavy (non-hydrogen) atoms. The van der Waals surface area contributed by atoms with E-state index in [1.165, 1.54) is 11.2 Å². The highest BCUT2D eigenvalue weighted by Crippen LogP contribution is 2.31. The molecule has 0 bridgehead atoms. The molecule has 1 aliphatic heterocycles. The van der Waals surface area contributed by atoms with Crippen molar-refractivity contribution in [3.05, 3.63) is 16.2 Å². The first-order chi connectivity index (χ1) is 14.3. The average Bonchev–Trinajstić information content (AvgIpc) is 3.07. The number of carbonyl (C=O) groups excluding carboxylic acids is 1. The Balaban J connectivity index is 1.84. The van der Waals surface area contributed by atoms with Crippen molar-refractivity contribution in [2.24, 2.45) is 5.92 Å². The molecular formula is C18H23F3N4O4S2. The summed E-state index contributed by atoms with van der Waals surface area (Å²) >= 11 is -0.819. The van der Waals surface area contributed by atoms with Crippen LogP contribution in [0.5, 0.6) is 0 Å². The average molecular weight is 481 g/mol. The maximum Gasteiger partial charge on any atom is 0.449 e. The Morgan fingerprint density at radius 2 is 1.87 bits per heavy atom. The molecule has 1 amide bonds. The van der Waals surface area contributed by atoms with Gasteiger partial charge in [-0.25, -0.2) is 9.78 Å². The quantitative estimate of drug-likeness (QED) is 0.625. The molecule has 2 aromatic rings. The van der Waals surface area contributed by atoms with Gasteiger partial charge in [0, 0.05) is 30.8 Å². The second-order valence-corrected chi connectivity index (χ2v) is 10.9. The van der Waals surface area contributed by atoms with Crippen LogP contribution >= 0.6 is 11.3 Å². The molecule has 0 N–H and O–H groups in total. The molecule has 0 saturated carbocycles. The Morgan fingerprint density at radius 1 is 1.26 bits per heavy atom. The fourth-order valence-corrected chi connectivity index (χ4v) is 4.87. The number of ether oxygens (including phenoxy) is 1. The molecule has 8 nitrogen and oxygen atoms in total. The maximum absolute atomic E-state index is 13.6. The summed E-state index contributed by atoms with van der Waals surface area (Å²) in [5.74, 6) is -1.55. The number of thiazole rings is 1. The fraction of sp³-hybridized carbons (Fsp3) is 0.667. The Labute approximate surface area is 183 Å². The number of aromatic nitrogens is 3. The van der Waals surface area contributed by atoms with Gasteiger partial charge in [-0.15, -0.1) is 0 Å². The van der Waals surface area contributed by atoms with Crippen LogP contribution in [0.4, 0.5) is 18.0 Å². The summed E-state index contributed by atoms with van der Waals surface area (Å²) in [5, 5.41) is 0. The number of alkyl halides is 3. The van der Waals surface area contributed by atoms with Crippen LogP contribution in [-0.2, 0) is 28.6 Å². The number of piperidine rings is 1. The van der Waals surface area contributed by atoms with Gasteiger partial charge in [-0.3, -0.25) is 9.36 Å². The van der Waals surface area contributed by atoms with Gasteiger partial charge in [0.05, 0.1) is 0 Å². The van der Waals surface area contributed by atoms with Crippen LogP contribution < -0.4 is 5.56 Å². The van der Waals surface area contributed by atoms with Gasteiger partial charge in [0.25, 0.3) is 5.56 Å². The van der Waals surface area contributed by atoms with E-state index < -0.39 is 40.4 Å². The summed E-state index contributed by atoms with van der Waals surface area (Å²) < 4.78 is 58.5. The SMILES string of the molecule is C[S+]([O-])c1nc2c(=O)n(CC3CCN(C(=O)OC(C)(C)C)CC3)c(C(F)(F)F)nc2s1. The lowest BCUT2D eigenvalue weighted by Gasteiger charge is -2.33. The summed E-state index contributed by atoms with van der Waals surface area (Å²) in [6, 6.07) is 0. The van der Waals surface area contributed by atoms with Crippen LogP contribution in [0.25, 0.3) is 10.3 Å². The minimum Gasteiger partial charge on any atom is -0.610 e. The van der Waals surface area contributed by atoms with Gasteiger partial charge in [-0.1, -0.05) is 0 Å². The molecule has 0 radical (unpaired) electrons. The minimum atomic E-state index is -4.83. The van der Waals surface area contributed by atoms with Crippen LogP contribution in [0.1, 0.15) is 39.4 Å². The highest BCUT2D eigenvalue weighted by Gasteiger charge is 2.39. The zero-order valence-electron chi connectivity index (χ0n) is 17.5. The fourth-order valence-electron chi connectivity index (χ4n) is 3.28. The maximum atomic E-state index is 13.6. The Hall–Kier alpha value is -1.86. The molecule has 3 rings (SSSR count). The molecule has 0 aliphatic carbocycles. The predicted molar refractivity (Wildman–Crippen MR) is 110 cm³/mol. The van der Waals surface area contributed by atoms with Crippen molar-refractivity contribution in [1.29, 1.82) is 0 Å². The number of amides is 1. The van der Waals surface area contributed by atoms with Gasteiger partial charge in [-0.05, 0) is 50.9 Å². The third kappa shape index (κ3) is 5.50. The Morgan fingerprint density at radius 3 is 2.39 bits per heavy atom. The van der Waals surface area contributed by atoms with Crippen LogP contribution in [-0.4, -0.2) is 55.0 Å². The number of likely N-dealkylation sites (tertiary alicyclic amines) is 1. The number of fused-ring (bicyclic) bond motifs is 1. The molecule has 1 fully saturated rings. The predicted octanol–water partition coefficient (Wildman–Crippen LogP) is 3.26. The summed E-state index contributed by atoms with van der Waals surface area (Å²) in [5.41, 5.74) is -1.76. The number of rotatable bonds is 3. The largest absolute Gasteiger partial charge is 0.610 e. The van der Waals surface area contributed by atoms with E-state index in [2.05, 4.69) is 9.97 Å². The number of hydrogen-bond acceptors (Lipinski definition) is 7. The van der Waals surface area contributed by atoms with E-state index in [9.17, 15) is 27.3 Å². The van der Waals surface area contributed by atoms with Gasteiger partial charge in [0.15, 0.2) is 10.3 Å². The second kappa shape index (κ2) is 8.58. The summed E-state index contributed by atoms with van der Waals surface area (Å²) in [4.78, 5) is 33.9. The third-order valence-electron chi connectivity index (χ3n) is 4.71. The van der Waals surface area contributed by atoms with E-state index in [0.717, 1.165) is 11.3 Å². The van der Waals surface area contributed by atoms with E-state index in [-0.39, 0.29) is 27.1 Å². The number of carbonyl (C=O) groups is 1. The van der Waals surface area contributed by atoms with Crippen LogP contribution in [0, 0.1) is 5.92 Å². The lowest BCUT2D eigenvalue weighted by Crippen LogP contribution is -2.43. The van der Waals surface area contributed by atoms with E-state index in [4.69, 9.17) is 4.74 Å². The Kier molecular flexibility index (Phi) is 6.59. The smallest absolute Gasteiger partial charge is 0.449 e. The first kappa shape index (κ1) is 23.8. The lowest BCUT2D eigenvalue weighted by atomic mass is 9.97. The zero-order valence-corrected chi connectivity index (χ0v) is 19.1. The third-order valence-corrected chi connectivity index (χ3v) is 6.99. The summed E-state index contributed by atoms with van der Waals surface area (Å²) in [6.45, 7) is 5.71. The first-order valence-electron chi connectivity index (χ1n) is 9.56. The molecule has 1 atom stereocenters. The van der Waals surface area contributed by atoms with Gasteiger partial charge in [0.1, 0.15) is 11.9 Å². The van der Waals surface area contributed by atoms with Crippen molar-refractivity contribution in [2.75, 3.05) is 19.3 Å². The minimum absolute atomic E-state index is 0.0520. The molecule has 13 heteroatoms. The monoisotopic (exact) mass is 480 g/mol. The first-order valence-corrected chi connectivity index (χ1v) is 11.9. The molecule has 0 spiro atoms. The summed E-state index contributed by atoms with van der Waals surface area (Å²) in [6.07, 6.45) is -3.13. The second-order valence-electron chi connectivity index (χ2n) is 8.35. The van der Waals surface area contributed by atoms with Crippen LogP contribution in [0.3, 0.4) is 0 Å². The van der Waals surface area contributed by atoms with Gasteiger partial charge in [0.2, 0.25) is 5.82 Å². The van der Waals surface area contributed by atoms with E-state index in [0.29, 0.717) is 30.5 Å². The molecule has 1 saturated heterocycles. The highest BCUT2D eigenvalue weighted by atomic mass is 32.2. The number of halogens is 3. The molecule has 172 valence electrons. The van der Waals surface area contributed by atoms with Gasteiger partial charge >= 0.3 is 16.6 Å². The van der Waals surface area contributed by atoms with Crippen molar-refractivity contribution in [1.82, 2.24) is 19.4 Å². The lowest BCUT2D eigenvalue weighted by molar-refractivity contribution is -0.148. The standard InChI is InChI=1S/C18H23F3N4O4S2/c1-17(2,3)29-16(27)24-7-5-10(6-8-24)9-25-13(26)11-12(23-14(25)18(19,20)21)30-15(22-11)31(4)28/h10H,5-9H2,1-4H3. The zero-order chi connectivity index (χ0) is 23.1. The molecule has 1 aliphatic rings. The topological polar surface area (TPSA) is 100 Å². The number of hydrogen-bond donors (Lipinski definition) is 0. The molecule has 1 unspecified atom stereocenters. The van der Waals surface area contributed by atoms with Crippen molar-refractivity contribution in [3.8, 4) is 0 Å². The van der Waals surface area contributed by atoms with Crippen LogP contribution in [0.2, 0.25) is 0 Å². The van der Waals surface area contributed by atoms with E-state index in [1.807, 2.05) is 0 Å². The van der Waals surface area contributed by atoms with Crippen molar-refractivity contribution in [3.63, 3.8) is 0 Å². The molecule has 3 heterocycles. The molecule has 0 aromatic carbocycles. The number of nitrogens with zero attached hydrogens (tertiary/aromatic N) is 4.